The molecule has 0 radical (unpaired) electrons. The molecule has 2 rings (SSSR count). The van der Waals surface area contributed by atoms with Gasteiger partial charge in [-0.2, -0.15) is 0 Å². The summed E-state index contributed by atoms with van der Waals surface area (Å²) < 4.78 is 78.0. The Bertz CT molecular complexity index is 775. The molecule has 0 spiro atoms. The zero-order valence-electron chi connectivity index (χ0n) is 11.1. The van der Waals surface area contributed by atoms with Crippen LogP contribution in [0.4, 0.5) is 17.6 Å². The Labute approximate surface area is 146 Å². The lowest BCUT2D eigenvalue weighted by Gasteiger charge is -2.15. The summed E-state index contributed by atoms with van der Waals surface area (Å²) in [6.07, 6.45) is -6.17. The Hall–Kier alpha value is -0.930. The molecule has 0 amide bonds. The van der Waals surface area contributed by atoms with Crippen molar-refractivity contribution in [3.63, 3.8) is 0 Å². The van der Waals surface area contributed by atoms with Gasteiger partial charge in [-0.15, -0.1) is 0 Å². The maximum absolute atomic E-state index is 13.2. The Morgan fingerprint density at radius 1 is 0.739 bits per heavy atom. The number of hydrogen-bond donors (Lipinski definition) is 0. The van der Waals surface area contributed by atoms with E-state index in [0.717, 1.165) is 12.1 Å². The Kier molecular flexibility index (Phi) is 5.52. The van der Waals surface area contributed by atoms with Crippen LogP contribution in [0.25, 0.3) is 0 Å². The van der Waals surface area contributed by atoms with Crippen molar-refractivity contribution in [2.24, 2.45) is 0 Å². The van der Waals surface area contributed by atoms with Gasteiger partial charge >= 0.3 is 0 Å². The van der Waals surface area contributed by atoms with Crippen LogP contribution in [-0.4, -0.2) is 8.42 Å². The Balaban J connectivity index is 2.81. The molecule has 0 aliphatic heterocycles. The van der Waals surface area contributed by atoms with Crippen molar-refractivity contribution in [2.45, 2.75) is 22.6 Å². The lowest BCUT2D eigenvalue weighted by atomic mass is 10.2. The van der Waals surface area contributed by atoms with Gasteiger partial charge in [-0.3, -0.25) is 0 Å². The number of sulfone groups is 1. The quantitative estimate of drug-likeness (QED) is 0.514. The van der Waals surface area contributed by atoms with Crippen LogP contribution in [0.2, 0.25) is 0 Å². The van der Waals surface area contributed by atoms with Gasteiger partial charge in [0.15, 0.2) is 0 Å². The molecule has 0 N–H and O–H groups in total. The lowest BCUT2D eigenvalue weighted by Crippen LogP contribution is -2.10. The molecule has 0 heterocycles. The third-order valence-electron chi connectivity index (χ3n) is 3.04. The van der Waals surface area contributed by atoms with Crippen molar-refractivity contribution in [3.05, 3.63) is 56.5 Å². The first kappa shape index (κ1) is 18.4. The molecule has 0 fully saturated rings. The van der Waals surface area contributed by atoms with Crippen LogP contribution in [0.5, 0.6) is 0 Å². The average molecular weight is 476 g/mol. The van der Waals surface area contributed by atoms with Crippen molar-refractivity contribution in [1.29, 1.82) is 0 Å². The van der Waals surface area contributed by atoms with Crippen LogP contribution in [0.1, 0.15) is 24.0 Å². The second-order valence-electron chi connectivity index (χ2n) is 4.41. The highest BCUT2D eigenvalue weighted by Gasteiger charge is 2.31. The standard InChI is InChI=1S/C14H8Br2F4O2S/c15-7-3-1-5-9(11(7)13(17)18)23(21,22)10-6-2-4-8(16)12(10)14(19)20/h1-6,13-14H. The van der Waals surface area contributed by atoms with Gasteiger partial charge in [0.1, 0.15) is 0 Å². The molecule has 9 heteroatoms. The van der Waals surface area contributed by atoms with E-state index in [9.17, 15) is 26.0 Å². The van der Waals surface area contributed by atoms with Crippen LogP contribution in [0.3, 0.4) is 0 Å². The van der Waals surface area contributed by atoms with Crippen LogP contribution in [-0.2, 0) is 9.84 Å². The number of benzene rings is 2. The number of hydrogen-bond acceptors (Lipinski definition) is 2. The van der Waals surface area contributed by atoms with Gasteiger partial charge in [0.05, 0.1) is 20.9 Å². The summed E-state index contributed by atoms with van der Waals surface area (Å²) in [6.45, 7) is 0. The first-order valence-electron chi connectivity index (χ1n) is 6.06. The fourth-order valence-electron chi connectivity index (χ4n) is 2.05. The van der Waals surface area contributed by atoms with Crippen molar-refractivity contribution in [1.82, 2.24) is 0 Å². The second kappa shape index (κ2) is 6.90. The molecule has 124 valence electrons. The van der Waals surface area contributed by atoms with Crippen molar-refractivity contribution in [2.75, 3.05) is 0 Å². The van der Waals surface area contributed by atoms with Crippen LogP contribution >= 0.6 is 31.9 Å². The molecule has 0 aliphatic rings. The maximum atomic E-state index is 13.2. The van der Waals surface area contributed by atoms with E-state index >= 15 is 0 Å². The number of alkyl halides is 4. The predicted octanol–water partition coefficient (Wildman–Crippen LogP) is 5.92. The summed E-state index contributed by atoms with van der Waals surface area (Å²) in [4.78, 5) is -1.41. The molecular formula is C14H8Br2F4O2S. The van der Waals surface area contributed by atoms with Crippen molar-refractivity contribution < 1.29 is 26.0 Å². The molecule has 23 heavy (non-hydrogen) atoms. The van der Waals surface area contributed by atoms with Gasteiger partial charge in [-0.25, -0.2) is 26.0 Å². The summed E-state index contributed by atoms with van der Waals surface area (Å²) in [7, 11) is -4.56. The summed E-state index contributed by atoms with van der Waals surface area (Å²) in [5.41, 5.74) is -1.51. The van der Waals surface area contributed by atoms with E-state index in [1.54, 1.807) is 0 Å². The largest absolute Gasteiger partial charge is 0.266 e. The van der Waals surface area contributed by atoms with E-state index in [4.69, 9.17) is 0 Å². The molecule has 2 nitrogen and oxygen atoms in total. The molecular weight excluding hydrogens is 468 g/mol. The van der Waals surface area contributed by atoms with Crippen LogP contribution < -0.4 is 0 Å². The van der Waals surface area contributed by atoms with Crippen LogP contribution in [0, 0.1) is 0 Å². The zero-order chi connectivity index (χ0) is 17.4. The minimum atomic E-state index is -4.56. The number of rotatable bonds is 4. The smallest absolute Gasteiger partial charge is 0.218 e. The molecule has 0 saturated carbocycles. The van der Waals surface area contributed by atoms with Gasteiger partial charge in [-0.05, 0) is 24.3 Å². The molecule has 0 aromatic heterocycles. The van der Waals surface area contributed by atoms with Crippen LogP contribution in [0.15, 0.2) is 55.1 Å². The minimum Gasteiger partial charge on any atom is -0.218 e. The normalized spacial score (nSPS) is 12.2. The monoisotopic (exact) mass is 474 g/mol. The van der Waals surface area contributed by atoms with E-state index in [1.807, 2.05) is 0 Å². The van der Waals surface area contributed by atoms with Crippen molar-refractivity contribution >= 4 is 41.7 Å². The van der Waals surface area contributed by atoms with E-state index in [-0.39, 0.29) is 8.95 Å². The summed E-state index contributed by atoms with van der Waals surface area (Å²) >= 11 is 5.75. The van der Waals surface area contributed by atoms with Gasteiger partial charge in [0.2, 0.25) is 9.84 Å². The van der Waals surface area contributed by atoms with E-state index < -0.39 is 43.6 Å². The summed E-state index contributed by atoms with van der Waals surface area (Å²) in [5.74, 6) is 0. The third-order valence-corrected chi connectivity index (χ3v) is 6.29. The minimum absolute atomic E-state index is 0.109. The Morgan fingerprint density at radius 2 is 1.09 bits per heavy atom. The molecule has 2 aromatic carbocycles. The fourth-order valence-corrected chi connectivity index (χ4v) is 5.12. The van der Waals surface area contributed by atoms with E-state index in [1.165, 1.54) is 24.3 Å². The molecule has 0 saturated heterocycles. The molecule has 0 bridgehead atoms. The highest BCUT2D eigenvalue weighted by molar-refractivity contribution is 9.10. The maximum Gasteiger partial charge on any atom is 0.266 e. The Morgan fingerprint density at radius 3 is 1.39 bits per heavy atom. The molecule has 0 atom stereocenters. The van der Waals surface area contributed by atoms with E-state index in [0.29, 0.717) is 0 Å². The lowest BCUT2D eigenvalue weighted by molar-refractivity contribution is 0.146. The SMILES string of the molecule is O=S(=O)(c1cccc(Br)c1C(F)F)c1cccc(Br)c1C(F)F. The van der Waals surface area contributed by atoms with Crippen molar-refractivity contribution in [3.8, 4) is 0 Å². The topological polar surface area (TPSA) is 34.1 Å². The highest BCUT2D eigenvalue weighted by atomic mass is 79.9. The highest BCUT2D eigenvalue weighted by Crippen LogP contribution is 2.40. The van der Waals surface area contributed by atoms with Gasteiger partial charge in [0, 0.05) is 8.95 Å². The fraction of sp³-hybridized carbons (Fsp3) is 0.143. The van der Waals surface area contributed by atoms with Gasteiger partial charge in [0.25, 0.3) is 12.9 Å². The summed E-state index contributed by atoms with van der Waals surface area (Å²) in [6, 6.07) is 6.96. The van der Waals surface area contributed by atoms with Gasteiger partial charge < -0.3 is 0 Å². The third kappa shape index (κ3) is 3.46. The van der Waals surface area contributed by atoms with Gasteiger partial charge in [-0.1, -0.05) is 44.0 Å². The second-order valence-corrected chi connectivity index (χ2v) is 8.00. The number of halogens is 6. The zero-order valence-corrected chi connectivity index (χ0v) is 15.1. The average Bonchev–Trinajstić information content (AvgIpc) is 2.45. The summed E-state index contributed by atoms with van der Waals surface area (Å²) in [5, 5.41) is 0. The molecule has 0 unspecified atom stereocenters. The first-order chi connectivity index (χ1) is 10.7. The molecule has 0 aliphatic carbocycles. The van der Waals surface area contributed by atoms with E-state index in [2.05, 4.69) is 31.9 Å². The molecule has 2 aromatic rings. The first-order valence-corrected chi connectivity index (χ1v) is 9.13. The predicted molar refractivity (Wildman–Crippen MR) is 83.6 cm³/mol.